The summed E-state index contributed by atoms with van der Waals surface area (Å²) in [5.74, 6) is 0.976. The normalized spacial score (nSPS) is 10.7. The summed E-state index contributed by atoms with van der Waals surface area (Å²) in [6.45, 7) is 2.36. The van der Waals surface area contributed by atoms with Crippen LogP contribution in [0.1, 0.15) is 21.6 Å². The highest BCUT2D eigenvalue weighted by Gasteiger charge is 2.11. The molecule has 0 fully saturated rings. The number of nitrogens with zero attached hydrogens (tertiary/aromatic N) is 2. The van der Waals surface area contributed by atoms with E-state index in [0.29, 0.717) is 29.4 Å². The molecule has 0 aliphatic carbocycles. The van der Waals surface area contributed by atoms with Crippen LogP contribution >= 0.6 is 0 Å². The van der Waals surface area contributed by atoms with Crippen LogP contribution in [0.15, 0.2) is 73.1 Å². The van der Waals surface area contributed by atoms with E-state index in [9.17, 15) is 4.79 Å². The number of amides is 1. The van der Waals surface area contributed by atoms with Crippen molar-refractivity contribution in [1.29, 1.82) is 0 Å². The quantitative estimate of drug-likeness (QED) is 0.530. The number of ether oxygens (including phenoxy) is 2. The molecule has 0 aliphatic heterocycles. The van der Waals surface area contributed by atoms with Gasteiger partial charge in [-0.3, -0.25) is 4.79 Å². The molecule has 0 aliphatic rings. The first kappa shape index (κ1) is 18.6. The molecule has 146 valence electrons. The molecule has 4 rings (SSSR count). The summed E-state index contributed by atoms with van der Waals surface area (Å²) in [5, 5.41) is 2.87. The lowest BCUT2D eigenvalue weighted by Crippen LogP contribution is -2.12. The summed E-state index contributed by atoms with van der Waals surface area (Å²) in [7, 11) is 1.57. The number of imidazole rings is 1. The number of aryl methyl sites for hydroxylation is 1. The van der Waals surface area contributed by atoms with Crippen molar-refractivity contribution >= 4 is 17.2 Å². The fraction of sp³-hybridized carbons (Fsp3) is 0.130. The lowest BCUT2D eigenvalue weighted by molar-refractivity contribution is 0.102. The number of para-hydroxylation sites is 2. The minimum Gasteiger partial charge on any atom is -0.495 e. The zero-order valence-electron chi connectivity index (χ0n) is 16.3. The molecule has 0 spiro atoms. The molecule has 0 saturated carbocycles. The largest absolute Gasteiger partial charge is 0.495 e. The van der Waals surface area contributed by atoms with Crippen molar-refractivity contribution < 1.29 is 14.3 Å². The molecule has 29 heavy (non-hydrogen) atoms. The van der Waals surface area contributed by atoms with E-state index in [1.807, 2.05) is 54.0 Å². The molecular weight excluding hydrogens is 366 g/mol. The molecule has 0 saturated heterocycles. The van der Waals surface area contributed by atoms with Gasteiger partial charge in [0.25, 0.3) is 5.91 Å². The highest BCUT2D eigenvalue weighted by Crippen LogP contribution is 2.24. The number of nitrogens with one attached hydrogen (secondary N) is 1. The summed E-state index contributed by atoms with van der Waals surface area (Å²) in [4.78, 5) is 17.2. The van der Waals surface area contributed by atoms with Crippen molar-refractivity contribution in [3.05, 3.63) is 89.9 Å². The van der Waals surface area contributed by atoms with Crippen LogP contribution in [0.5, 0.6) is 11.5 Å². The number of hydrogen-bond donors (Lipinski definition) is 1. The molecule has 4 aromatic rings. The zero-order chi connectivity index (χ0) is 20.2. The van der Waals surface area contributed by atoms with E-state index in [-0.39, 0.29) is 5.91 Å². The van der Waals surface area contributed by atoms with Crippen molar-refractivity contribution in [3.63, 3.8) is 0 Å². The second-order valence-electron chi connectivity index (χ2n) is 6.68. The Hall–Kier alpha value is -3.80. The highest BCUT2D eigenvalue weighted by molar-refractivity contribution is 6.05. The summed E-state index contributed by atoms with van der Waals surface area (Å²) >= 11 is 0. The number of pyridine rings is 1. The second-order valence-corrected chi connectivity index (χ2v) is 6.68. The van der Waals surface area contributed by atoms with E-state index in [1.54, 1.807) is 37.4 Å². The molecule has 6 heteroatoms. The average Bonchev–Trinajstić information content (AvgIpc) is 3.15. The number of anilines is 1. The van der Waals surface area contributed by atoms with E-state index in [4.69, 9.17) is 9.47 Å². The van der Waals surface area contributed by atoms with E-state index >= 15 is 0 Å². The molecule has 0 radical (unpaired) electrons. The lowest BCUT2D eigenvalue weighted by Gasteiger charge is -2.10. The van der Waals surface area contributed by atoms with Crippen LogP contribution in [0.3, 0.4) is 0 Å². The maximum atomic E-state index is 12.6. The Bertz CT molecular complexity index is 1170. The first-order valence-corrected chi connectivity index (χ1v) is 9.24. The second kappa shape index (κ2) is 8.06. The third-order valence-electron chi connectivity index (χ3n) is 4.49. The first-order valence-electron chi connectivity index (χ1n) is 9.24. The van der Waals surface area contributed by atoms with Gasteiger partial charge in [-0.1, -0.05) is 24.3 Å². The molecule has 1 N–H and O–H groups in total. The number of fused-ring (bicyclic) bond motifs is 1. The highest BCUT2D eigenvalue weighted by atomic mass is 16.5. The number of hydrogen-bond acceptors (Lipinski definition) is 4. The minimum atomic E-state index is -0.233. The van der Waals surface area contributed by atoms with Gasteiger partial charge in [0.05, 0.1) is 18.5 Å². The summed E-state index contributed by atoms with van der Waals surface area (Å²) in [6, 6.07) is 18.3. The van der Waals surface area contributed by atoms with E-state index in [1.165, 1.54) is 0 Å². The Morgan fingerprint density at radius 2 is 1.93 bits per heavy atom. The number of carbonyl (C=O) groups is 1. The lowest BCUT2D eigenvalue weighted by atomic mass is 10.2. The predicted octanol–water partition coefficient (Wildman–Crippen LogP) is 4.48. The van der Waals surface area contributed by atoms with Gasteiger partial charge in [-0.2, -0.15) is 0 Å². The van der Waals surface area contributed by atoms with E-state index < -0.39 is 0 Å². The SMILES string of the molecule is COc1ccccc1NC(=O)c1cccc(OCc2cn3cc(C)ccc3n2)c1. The number of carbonyl (C=O) groups excluding carboxylic acids is 1. The van der Waals surface area contributed by atoms with Gasteiger partial charge < -0.3 is 19.2 Å². The van der Waals surface area contributed by atoms with Crippen LogP contribution in [-0.4, -0.2) is 22.4 Å². The molecule has 0 atom stereocenters. The van der Waals surface area contributed by atoms with Crippen LogP contribution in [-0.2, 0) is 6.61 Å². The van der Waals surface area contributed by atoms with Gasteiger partial charge in [0.15, 0.2) is 0 Å². The van der Waals surface area contributed by atoms with Gasteiger partial charge in [-0.25, -0.2) is 4.98 Å². The van der Waals surface area contributed by atoms with Crippen molar-refractivity contribution in [2.45, 2.75) is 13.5 Å². The number of rotatable bonds is 6. The molecule has 6 nitrogen and oxygen atoms in total. The average molecular weight is 387 g/mol. The van der Waals surface area contributed by atoms with Crippen molar-refractivity contribution in [2.75, 3.05) is 12.4 Å². The van der Waals surface area contributed by atoms with Crippen LogP contribution in [0, 0.1) is 6.92 Å². The van der Waals surface area contributed by atoms with Crippen LogP contribution in [0.2, 0.25) is 0 Å². The van der Waals surface area contributed by atoms with Crippen LogP contribution in [0.4, 0.5) is 5.69 Å². The fourth-order valence-electron chi connectivity index (χ4n) is 3.05. The summed E-state index contributed by atoms with van der Waals surface area (Å²) in [5.41, 5.74) is 3.97. The van der Waals surface area contributed by atoms with Gasteiger partial charge in [-0.05, 0) is 48.9 Å². The van der Waals surface area contributed by atoms with Gasteiger partial charge in [0.2, 0.25) is 0 Å². The summed E-state index contributed by atoms with van der Waals surface area (Å²) in [6.07, 6.45) is 3.97. The minimum absolute atomic E-state index is 0.233. The standard InChI is InChI=1S/C23H21N3O3/c1-16-10-11-22-24-18(14-26(22)13-16)15-29-19-7-5-6-17(12-19)23(27)25-20-8-3-4-9-21(20)28-2/h3-14H,15H2,1-2H3,(H,25,27). The van der Waals surface area contributed by atoms with Crippen LogP contribution < -0.4 is 14.8 Å². The molecule has 2 aromatic carbocycles. The Balaban J connectivity index is 1.45. The predicted molar refractivity (Wildman–Crippen MR) is 112 cm³/mol. The Morgan fingerprint density at radius 3 is 2.79 bits per heavy atom. The molecule has 0 bridgehead atoms. The van der Waals surface area contributed by atoms with Gasteiger partial charge >= 0.3 is 0 Å². The monoisotopic (exact) mass is 387 g/mol. The number of aromatic nitrogens is 2. The topological polar surface area (TPSA) is 64.9 Å². The molecule has 1 amide bonds. The van der Waals surface area contributed by atoms with Gasteiger partial charge in [0, 0.05) is 18.0 Å². The Morgan fingerprint density at radius 1 is 1.07 bits per heavy atom. The Labute approximate surface area is 168 Å². The van der Waals surface area contributed by atoms with Crippen molar-refractivity contribution in [2.24, 2.45) is 0 Å². The molecule has 2 aromatic heterocycles. The summed E-state index contributed by atoms with van der Waals surface area (Å²) < 4.78 is 13.1. The molecule has 0 unspecified atom stereocenters. The smallest absolute Gasteiger partial charge is 0.255 e. The molecule has 2 heterocycles. The number of benzene rings is 2. The maximum Gasteiger partial charge on any atom is 0.255 e. The van der Waals surface area contributed by atoms with E-state index in [0.717, 1.165) is 16.9 Å². The maximum absolute atomic E-state index is 12.6. The third kappa shape index (κ3) is 4.21. The number of methoxy groups -OCH3 is 1. The zero-order valence-corrected chi connectivity index (χ0v) is 16.3. The van der Waals surface area contributed by atoms with Crippen molar-refractivity contribution in [1.82, 2.24) is 9.38 Å². The fourth-order valence-corrected chi connectivity index (χ4v) is 3.05. The first-order chi connectivity index (χ1) is 14.1. The third-order valence-corrected chi connectivity index (χ3v) is 4.49. The van der Waals surface area contributed by atoms with E-state index in [2.05, 4.69) is 10.3 Å². The van der Waals surface area contributed by atoms with Crippen molar-refractivity contribution in [3.8, 4) is 11.5 Å². The van der Waals surface area contributed by atoms with Gasteiger partial charge in [0.1, 0.15) is 23.8 Å². The Kier molecular flexibility index (Phi) is 5.16. The van der Waals surface area contributed by atoms with Gasteiger partial charge in [-0.15, -0.1) is 0 Å². The van der Waals surface area contributed by atoms with Crippen LogP contribution in [0.25, 0.3) is 5.65 Å². The molecular formula is C23H21N3O3.